The molecule has 1 atom stereocenters. The summed E-state index contributed by atoms with van der Waals surface area (Å²) in [5, 5.41) is 4.00. The van der Waals surface area contributed by atoms with Crippen LogP contribution in [0.3, 0.4) is 0 Å². The molecule has 3 heterocycles. The second-order valence-electron chi connectivity index (χ2n) is 5.29. The Bertz CT molecular complexity index is 379. The number of anilines is 1. The SMILES string of the molecule is CC(C)c1noc(N2CCC(C3CO3)CC2)n1. The third-order valence-corrected chi connectivity index (χ3v) is 3.64. The maximum absolute atomic E-state index is 5.35. The minimum absolute atomic E-state index is 0.324. The number of ether oxygens (including phenoxy) is 1. The van der Waals surface area contributed by atoms with Crippen LogP contribution in [-0.4, -0.2) is 35.9 Å². The highest BCUT2D eigenvalue weighted by Crippen LogP contribution is 2.31. The van der Waals surface area contributed by atoms with Gasteiger partial charge in [-0.15, -0.1) is 0 Å². The summed E-state index contributed by atoms with van der Waals surface area (Å²) in [4.78, 5) is 6.63. The lowest BCUT2D eigenvalue weighted by molar-refractivity contribution is 0.281. The van der Waals surface area contributed by atoms with Crippen molar-refractivity contribution in [2.45, 2.75) is 38.7 Å². The molecule has 0 N–H and O–H groups in total. The molecule has 1 aromatic heterocycles. The van der Waals surface area contributed by atoms with Gasteiger partial charge in [-0.1, -0.05) is 19.0 Å². The topological polar surface area (TPSA) is 54.7 Å². The molecule has 1 unspecified atom stereocenters. The standard InChI is InChI=1S/C12H19N3O2/c1-8(2)11-13-12(17-14-11)15-5-3-9(4-6-15)10-7-16-10/h8-10H,3-7H2,1-2H3. The van der Waals surface area contributed by atoms with Crippen molar-refractivity contribution in [1.29, 1.82) is 0 Å². The van der Waals surface area contributed by atoms with E-state index in [1.54, 1.807) is 0 Å². The van der Waals surface area contributed by atoms with Crippen molar-refractivity contribution < 1.29 is 9.26 Å². The van der Waals surface area contributed by atoms with Crippen molar-refractivity contribution in [1.82, 2.24) is 10.1 Å². The minimum atomic E-state index is 0.324. The molecule has 5 heteroatoms. The molecule has 17 heavy (non-hydrogen) atoms. The fourth-order valence-corrected chi connectivity index (χ4v) is 2.38. The van der Waals surface area contributed by atoms with E-state index in [9.17, 15) is 0 Å². The van der Waals surface area contributed by atoms with E-state index >= 15 is 0 Å². The number of piperidine rings is 1. The van der Waals surface area contributed by atoms with E-state index in [0.29, 0.717) is 18.0 Å². The molecule has 94 valence electrons. The molecule has 0 amide bonds. The maximum Gasteiger partial charge on any atom is 0.324 e. The predicted molar refractivity (Wildman–Crippen MR) is 63.1 cm³/mol. The van der Waals surface area contributed by atoms with Crippen LogP contribution in [0.15, 0.2) is 4.52 Å². The summed E-state index contributed by atoms with van der Waals surface area (Å²) in [6, 6.07) is 0.684. The summed E-state index contributed by atoms with van der Waals surface area (Å²) in [5.74, 6) is 1.86. The first-order valence-electron chi connectivity index (χ1n) is 6.44. The molecule has 0 aromatic carbocycles. The third kappa shape index (κ3) is 2.29. The molecule has 5 nitrogen and oxygen atoms in total. The normalized spacial score (nSPS) is 25.6. The van der Waals surface area contributed by atoms with Crippen LogP contribution in [0.25, 0.3) is 0 Å². The van der Waals surface area contributed by atoms with Gasteiger partial charge in [0, 0.05) is 19.0 Å². The lowest BCUT2D eigenvalue weighted by Crippen LogP contribution is -2.35. The molecular formula is C12H19N3O2. The molecule has 0 spiro atoms. The van der Waals surface area contributed by atoms with Crippen molar-refractivity contribution in [3.63, 3.8) is 0 Å². The van der Waals surface area contributed by atoms with Crippen LogP contribution >= 0.6 is 0 Å². The van der Waals surface area contributed by atoms with Crippen LogP contribution in [0, 0.1) is 5.92 Å². The smallest absolute Gasteiger partial charge is 0.324 e. The fourth-order valence-electron chi connectivity index (χ4n) is 2.38. The Morgan fingerprint density at radius 1 is 1.29 bits per heavy atom. The summed E-state index contributed by atoms with van der Waals surface area (Å²) in [6.45, 7) is 7.12. The average molecular weight is 237 g/mol. The molecule has 0 saturated carbocycles. The highest BCUT2D eigenvalue weighted by molar-refractivity contribution is 5.26. The maximum atomic E-state index is 5.35. The largest absolute Gasteiger partial charge is 0.373 e. The second kappa shape index (κ2) is 4.29. The van der Waals surface area contributed by atoms with Crippen molar-refractivity contribution in [2.24, 2.45) is 5.92 Å². The summed E-state index contributed by atoms with van der Waals surface area (Å²) in [7, 11) is 0. The molecule has 3 rings (SSSR count). The number of epoxide rings is 1. The Balaban J connectivity index is 1.61. The zero-order valence-corrected chi connectivity index (χ0v) is 10.4. The first kappa shape index (κ1) is 11.0. The predicted octanol–water partition coefficient (Wildman–Crippen LogP) is 1.81. The zero-order chi connectivity index (χ0) is 11.8. The van der Waals surface area contributed by atoms with Gasteiger partial charge in [0.2, 0.25) is 0 Å². The summed E-state index contributed by atoms with van der Waals surface area (Å²) in [5.41, 5.74) is 0. The molecule has 1 aromatic rings. The molecular weight excluding hydrogens is 218 g/mol. The molecule has 2 saturated heterocycles. The van der Waals surface area contributed by atoms with Gasteiger partial charge >= 0.3 is 6.01 Å². The zero-order valence-electron chi connectivity index (χ0n) is 10.4. The first-order valence-corrected chi connectivity index (χ1v) is 6.44. The van der Waals surface area contributed by atoms with Gasteiger partial charge < -0.3 is 14.2 Å². The molecule has 2 fully saturated rings. The lowest BCUT2D eigenvalue weighted by Gasteiger charge is -2.29. The lowest BCUT2D eigenvalue weighted by atomic mass is 9.94. The Morgan fingerprint density at radius 2 is 2.00 bits per heavy atom. The van der Waals surface area contributed by atoms with Crippen LogP contribution in [0.1, 0.15) is 38.4 Å². The van der Waals surface area contributed by atoms with E-state index in [-0.39, 0.29) is 0 Å². The van der Waals surface area contributed by atoms with Gasteiger partial charge in [0.05, 0.1) is 12.7 Å². The van der Waals surface area contributed by atoms with E-state index in [1.807, 2.05) is 0 Å². The number of rotatable bonds is 3. The van der Waals surface area contributed by atoms with Gasteiger partial charge in [-0.2, -0.15) is 4.98 Å². The monoisotopic (exact) mass is 237 g/mol. The van der Waals surface area contributed by atoms with E-state index in [2.05, 4.69) is 28.9 Å². The molecule has 2 aliphatic rings. The number of hydrogen-bond acceptors (Lipinski definition) is 5. The third-order valence-electron chi connectivity index (χ3n) is 3.64. The minimum Gasteiger partial charge on any atom is -0.373 e. The second-order valence-corrected chi connectivity index (χ2v) is 5.29. The molecule has 0 aliphatic carbocycles. The Hall–Kier alpha value is -1.10. The van der Waals surface area contributed by atoms with Gasteiger partial charge in [0.1, 0.15) is 0 Å². The summed E-state index contributed by atoms with van der Waals surface area (Å²) in [6.07, 6.45) is 2.87. The Labute approximate surface area is 101 Å². The number of hydrogen-bond donors (Lipinski definition) is 0. The van der Waals surface area contributed by atoms with E-state index in [4.69, 9.17) is 9.26 Å². The van der Waals surface area contributed by atoms with Crippen LogP contribution in [0.5, 0.6) is 0 Å². The van der Waals surface area contributed by atoms with Crippen LogP contribution < -0.4 is 4.90 Å². The average Bonchev–Trinajstić information content (AvgIpc) is 3.06. The van der Waals surface area contributed by atoms with Gasteiger partial charge in [0.15, 0.2) is 5.82 Å². The Morgan fingerprint density at radius 3 is 2.53 bits per heavy atom. The van der Waals surface area contributed by atoms with Crippen LogP contribution in [0.4, 0.5) is 6.01 Å². The van der Waals surface area contributed by atoms with Gasteiger partial charge in [-0.05, 0) is 18.8 Å². The van der Waals surface area contributed by atoms with E-state index in [0.717, 1.165) is 31.4 Å². The molecule has 0 radical (unpaired) electrons. The van der Waals surface area contributed by atoms with Crippen molar-refractivity contribution >= 4 is 6.01 Å². The number of aromatic nitrogens is 2. The number of nitrogens with zero attached hydrogens (tertiary/aromatic N) is 3. The molecule has 0 bridgehead atoms. The highest BCUT2D eigenvalue weighted by Gasteiger charge is 2.35. The summed E-state index contributed by atoms with van der Waals surface area (Å²) < 4.78 is 10.7. The Kier molecular flexibility index (Phi) is 2.78. The fraction of sp³-hybridized carbons (Fsp3) is 0.833. The highest BCUT2D eigenvalue weighted by atomic mass is 16.6. The van der Waals surface area contributed by atoms with Gasteiger partial charge in [-0.25, -0.2) is 0 Å². The van der Waals surface area contributed by atoms with Crippen molar-refractivity contribution in [2.75, 3.05) is 24.6 Å². The summed E-state index contributed by atoms with van der Waals surface area (Å²) >= 11 is 0. The van der Waals surface area contributed by atoms with Gasteiger partial charge in [0.25, 0.3) is 0 Å². The first-order chi connectivity index (χ1) is 8.24. The molecule has 2 aliphatic heterocycles. The van der Waals surface area contributed by atoms with Crippen molar-refractivity contribution in [3.8, 4) is 0 Å². The quantitative estimate of drug-likeness (QED) is 0.750. The van der Waals surface area contributed by atoms with E-state index < -0.39 is 0 Å². The van der Waals surface area contributed by atoms with Crippen LogP contribution in [-0.2, 0) is 4.74 Å². The van der Waals surface area contributed by atoms with Crippen molar-refractivity contribution in [3.05, 3.63) is 5.82 Å². The van der Waals surface area contributed by atoms with E-state index in [1.165, 1.54) is 12.8 Å². The van der Waals surface area contributed by atoms with Gasteiger partial charge in [-0.3, -0.25) is 0 Å². The van der Waals surface area contributed by atoms with Crippen LogP contribution in [0.2, 0.25) is 0 Å².